The smallest absolute Gasteiger partial charge is 0.410 e. The van der Waals surface area contributed by atoms with Crippen molar-refractivity contribution in [3.63, 3.8) is 0 Å². The number of fused-ring (bicyclic) bond motifs is 1. The molecule has 3 fully saturated rings. The topological polar surface area (TPSA) is 82.4 Å². The highest BCUT2D eigenvalue weighted by Crippen LogP contribution is 2.46. The van der Waals surface area contributed by atoms with Gasteiger partial charge in [-0.15, -0.1) is 0 Å². The zero-order chi connectivity index (χ0) is 30.0. The molecule has 3 heterocycles. The average molecular weight is 590 g/mol. The molecule has 2 aliphatic carbocycles. The highest BCUT2D eigenvalue weighted by atomic mass is 28.4. The lowest BCUT2D eigenvalue weighted by Gasteiger charge is -2.41. The number of nitrogens with zero attached hydrogens (tertiary/aromatic N) is 5. The summed E-state index contributed by atoms with van der Waals surface area (Å²) in [6, 6.07) is 6.64. The Morgan fingerprint density at radius 1 is 1.05 bits per heavy atom. The molecule has 3 aliphatic rings. The number of hydrogen-bond acceptors (Lipinski definition) is 6. The van der Waals surface area contributed by atoms with E-state index in [2.05, 4.69) is 56.9 Å². The Morgan fingerprint density at radius 3 is 2.40 bits per heavy atom. The van der Waals surface area contributed by atoms with Crippen LogP contribution in [0, 0.1) is 5.92 Å². The van der Waals surface area contributed by atoms with Crippen LogP contribution in [-0.2, 0) is 9.16 Å². The normalized spacial score (nSPS) is 21.8. The fourth-order valence-electron chi connectivity index (χ4n) is 5.72. The maximum atomic E-state index is 12.4. The Bertz CT molecular complexity index is 1470. The summed E-state index contributed by atoms with van der Waals surface area (Å²) in [4.78, 5) is 24.2. The molecule has 1 saturated heterocycles. The third-order valence-corrected chi connectivity index (χ3v) is 14.1. The van der Waals surface area contributed by atoms with Gasteiger partial charge in [-0.2, -0.15) is 5.10 Å². The SMILES string of the molecule is CC(C)(C)OC(=O)N1CC(c2cccc3nc(-c4cn(C5CC(CO[Si](C)(C)C(C)(C)C)C5)nc4C4CC4)cnc23)C1. The second-order valence-electron chi connectivity index (χ2n) is 15.3. The molecule has 9 heteroatoms. The zero-order valence-corrected chi connectivity index (χ0v) is 27.6. The van der Waals surface area contributed by atoms with Gasteiger partial charge in [0.15, 0.2) is 8.32 Å². The fourth-order valence-corrected chi connectivity index (χ4v) is 6.80. The highest BCUT2D eigenvalue weighted by molar-refractivity contribution is 6.74. The van der Waals surface area contributed by atoms with E-state index in [0.717, 1.165) is 47.3 Å². The number of carbonyl (C=O) groups is 1. The van der Waals surface area contributed by atoms with Crippen molar-refractivity contribution in [1.29, 1.82) is 0 Å². The molecular weight excluding hydrogens is 542 g/mol. The summed E-state index contributed by atoms with van der Waals surface area (Å²) in [5, 5.41) is 5.36. The minimum atomic E-state index is -1.72. The predicted molar refractivity (Wildman–Crippen MR) is 168 cm³/mol. The molecule has 2 saturated carbocycles. The van der Waals surface area contributed by atoms with Crippen LogP contribution in [-0.4, -0.2) is 64.4 Å². The molecule has 1 amide bonds. The Kier molecular flexibility index (Phi) is 7.28. The summed E-state index contributed by atoms with van der Waals surface area (Å²) in [7, 11) is -1.72. The summed E-state index contributed by atoms with van der Waals surface area (Å²) >= 11 is 0. The molecule has 2 aromatic heterocycles. The number of ether oxygens (including phenoxy) is 1. The van der Waals surface area contributed by atoms with Crippen molar-refractivity contribution in [3.05, 3.63) is 41.9 Å². The van der Waals surface area contributed by atoms with Crippen molar-refractivity contribution in [1.82, 2.24) is 24.6 Å². The van der Waals surface area contributed by atoms with Crippen molar-refractivity contribution in [2.24, 2.45) is 5.92 Å². The number of hydrogen-bond donors (Lipinski definition) is 0. The number of likely N-dealkylation sites (tertiary alicyclic amines) is 1. The standard InChI is InChI=1S/C33H47N5O3Si/c1-32(2,3)41-31(39)37-17-23(18-37)25-10-9-11-27-30(25)34-16-28(35-27)26-19-38(36-29(26)22-12-13-22)24-14-21(15-24)20-40-42(7,8)33(4,5)6/h9-11,16,19,21-24H,12-15,17-18,20H2,1-8H3. The number of aromatic nitrogens is 4. The second-order valence-corrected chi connectivity index (χ2v) is 20.1. The van der Waals surface area contributed by atoms with E-state index in [1.165, 1.54) is 18.5 Å². The molecule has 1 aliphatic heterocycles. The number of carbonyl (C=O) groups excluding carboxylic acids is 1. The molecule has 0 spiro atoms. The third kappa shape index (κ3) is 5.87. The molecular formula is C33H47N5O3Si. The Hall–Kier alpha value is -2.78. The lowest BCUT2D eigenvalue weighted by Crippen LogP contribution is -2.50. The van der Waals surface area contributed by atoms with Crippen molar-refractivity contribution >= 4 is 25.4 Å². The van der Waals surface area contributed by atoms with E-state index in [-0.39, 0.29) is 17.0 Å². The van der Waals surface area contributed by atoms with Gasteiger partial charge in [0.2, 0.25) is 0 Å². The van der Waals surface area contributed by atoms with Gasteiger partial charge in [0.1, 0.15) is 5.60 Å². The van der Waals surface area contributed by atoms with Crippen molar-refractivity contribution in [2.45, 2.75) is 109 Å². The predicted octanol–water partition coefficient (Wildman–Crippen LogP) is 7.68. The number of benzene rings is 1. The van der Waals surface area contributed by atoms with Gasteiger partial charge in [-0.3, -0.25) is 9.67 Å². The highest BCUT2D eigenvalue weighted by Gasteiger charge is 2.40. The van der Waals surface area contributed by atoms with E-state index in [1.807, 2.05) is 33.0 Å². The van der Waals surface area contributed by atoms with E-state index in [9.17, 15) is 4.79 Å². The Labute approximate surface area is 251 Å². The van der Waals surface area contributed by atoms with Crippen LogP contribution >= 0.6 is 0 Å². The first-order chi connectivity index (χ1) is 19.7. The molecule has 6 rings (SSSR count). The van der Waals surface area contributed by atoms with Gasteiger partial charge in [0.25, 0.3) is 0 Å². The zero-order valence-electron chi connectivity index (χ0n) is 26.6. The van der Waals surface area contributed by atoms with E-state index < -0.39 is 13.9 Å². The monoisotopic (exact) mass is 589 g/mol. The van der Waals surface area contributed by atoms with E-state index in [4.69, 9.17) is 24.2 Å². The van der Waals surface area contributed by atoms with Gasteiger partial charge in [-0.1, -0.05) is 32.9 Å². The van der Waals surface area contributed by atoms with E-state index in [1.54, 1.807) is 4.90 Å². The lowest BCUT2D eigenvalue weighted by molar-refractivity contribution is 0.00828. The summed E-state index contributed by atoms with van der Waals surface area (Å²) in [6.07, 6.45) is 8.51. The first kappa shape index (κ1) is 29.3. The third-order valence-electron chi connectivity index (χ3n) is 9.65. The van der Waals surface area contributed by atoms with Crippen molar-refractivity contribution in [2.75, 3.05) is 19.7 Å². The van der Waals surface area contributed by atoms with Crippen LogP contribution in [0.25, 0.3) is 22.3 Å². The summed E-state index contributed by atoms with van der Waals surface area (Å²) in [5.41, 5.74) is 5.65. The van der Waals surface area contributed by atoms with Gasteiger partial charge in [0.05, 0.1) is 34.7 Å². The van der Waals surface area contributed by atoms with Gasteiger partial charge >= 0.3 is 6.09 Å². The summed E-state index contributed by atoms with van der Waals surface area (Å²) in [6.45, 7) is 19.4. The molecule has 0 unspecified atom stereocenters. The molecule has 8 nitrogen and oxygen atoms in total. The molecule has 0 bridgehead atoms. The van der Waals surface area contributed by atoms with Crippen LogP contribution in [0.1, 0.15) is 96.4 Å². The van der Waals surface area contributed by atoms with Gasteiger partial charge in [0, 0.05) is 43.3 Å². The van der Waals surface area contributed by atoms with E-state index in [0.29, 0.717) is 31.0 Å². The average Bonchev–Trinajstić information content (AvgIpc) is 3.59. The van der Waals surface area contributed by atoms with Gasteiger partial charge < -0.3 is 14.1 Å². The van der Waals surface area contributed by atoms with Crippen LogP contribution in [0.15, 0.2) is 30.6 Å². The fraction of sp³-hybridized carbons (Fsp3) is 0.636. The minimum Gasteiger partial charge on any atom is -0.444 e. The first-order valence-electron chi connectivity index (χ1n) is 15.7. The molecule has 0 N–H and O–H groups in total. The Morgan fingerprint density at radius 2 is 1.76 bits per heavy atom. The van der Waals surface area contributed by atoms with Crippen LogP contribution in [0.3, 0.4) is 0 Å². The Balaban J connectivity index is 1.15. The molecule has 0 atom stereocenters. The van der Waals surface area contributed by atoms with Crippen LogP contribution in [0.2, 0.25) is 18.1 Å². The minimum absolute atomic E-state index is 0.235. The largest absolute Gasteiger partial charge is 0.444 e. The second kappa shape index (κ2) is 10.4. The molecule has 0 radical (unpaired) electrons. The van der Waals surface area contributed by atoms with E-state index >= 15 is 0 Å². The maximum absolute atomic E-state index is 12.4. The summed E-state index contributed by atoms with van der Waals surface area (Å²) in [5.74, 6) is 1.37. The lowest BCUT2D eigenvalue weighted by atomic mass is 9.81. The number of amides is 1. The summed E-state index contributed by atoms with van der Waals surface area (Å²) < 4.78 is 14.2. The van der Waals surface area contributed by atoms with Gasteiger partial charge in [-0.25, -0.2) is 9.78 Å². The number of rotatable bonds is 7. The molecule has 3 aromatic rings. The molecule has 42 heavy (non-hydrogen) atoms. The number of para-hydroxylation sites is 1. The maximum Gasteiger partial charge on any atom is 0.410 e. The first-order valence-corrected chi connectivity index (χ1v) is 18.6. The molecule has 226 valence electrons. The van der Waals surface area contributed by atoms with Crippen molar-refractivity contribution < 1.29 is 14.0 Å². The molecule has 1 aromatic carbocycles. The van der Waals surface area contributed by atoms with Gasteiger partial charge in [-0.05, 0) is 82.1 Å². The van der Waals surface area contributed by atoms with Crippen molar-refractivity contribution in [3.8, 4) is 11.3 Å². The van der Waals surface area contributed by atoms with Crippen LogP contribution < -0.4 is 0 Å². The quantitative estimate of drug-likeness (QED) is 0.263. The van der Waals surface area contributed by atoms with Crippen LogP contribution in [0.5, 0.6) is 0 Å². The van der Waals surface area contributed by atoms with Crippen LogP contribution in [0.4, 0.5) is 4.79 Å².